The monoisotopic (exact) mass is 317 g/mol. The number of pyridine rings is 1. The van der Waals surface area contributed by atoms with Gasteiger partial charge in [-0.05, 0) is 43.2 Å². The van der Waals surface area contributed by atoms with Crippen molar-refractivity contribution in [3.05, 3.63) is 62.5 Å². The second-order valence-electron chi connectivity index (χ2n) is 5.12. The highest BCUT2D eigenvalue weighted by Crippen LogP contribution is 2.24. The smallest absolute Gasteiger partial charge is 0.341 e. The molecule has 3 rings (SSSR count). The zero-order valence-electron chi connectivity index (χ0n) is 11.5. The zero-order chi connectivity index (χ0) is 15.9. The lowest BCUT2D eigenvalue weighted by Crippen LogP contribution is -2.31. The van der Waals surface area contributed by atoms with Crippen LogP contribution in [0.1, 0.15) is 39.3 Å². The van der Waals surface area contributed by atoms with Gasteiger partial charge in [0, 0.05) is 28.4 Å². The molecule has 0 aliphatic heterocycles. The summed E-state index contributed by atoms with van der Waals surface area (Å²) in [4.78, 5) is 35.9. The lowest BCUT2D eigenvalue weighted by Gasteiger charge is -2.21. The Morgan fingerprint density at radius 3 is 2.45 bits per heavy atom. The number of hydrogen-bond acceptors (Lipinski definition) is 3. The maximum Gasteiger partial charge on any atom is 0.341 e. The van der Waals surface area contributed by atoms with Crippen LogP contribution < -0.4 is 5.56 Å². The third-order valence-electron chi connectivity index (χ3n) is 3.74. The normalized spacial score (nSPS) is 13.8. The van der Waals surface area contributed by atoms with Gasteiger partial charge >= 0.3 is 5.97 Å². The van der Waals surface area contributed by atoms with Gasteiger partial charge in [-0.15, -0.1) is 0 Å². The summed E-state index contributed by atoms with van der Waals surface area (Å²) in [5.74, 6) is -1.47. The molecule has 2 aromatic rings. The van der Waals surface area contributed by atoms with E-state index in [1.165, 1.54) is 10.6 Å². The molecule has 1 N–H and O–H groups in total. The fourth-order valence-corrected chi connectivity index (χ4v) is 2.83. The summed E-state index contributed by atoms with van der Waals surface area (Å²) in [6, 6.07) is 7.71. The first-order valence-corrected chi connectivity index (χ1v) is 7.18. The van der Waals surface area contributed by atoms with E-state index in [9.17, 15) is 19.5 Å². The molecular formula is C16H12ClNO4. The Hall–Kier alpha value is -2.40. The third kappa shape index (κ3) is 2.33. The van der Waals surface area contributed by atoms with E-state index in [4.69, 9.17) is 11.6 Å². The van der Waals surface area contributed by atoms with Crippen molar-refractivity contribution < 1.29 is 14.7 Å². The maximum absolute atomic E-state index is 12.5. The molecule has 1 aromatic carbocycles. The summed E-state index contributed by atoms with van der Waals surface area (Å²) in [5, 5.41) is 9.73. The lowest BCUT2D eigenvalue weighted by atomic mass is 9.93. The number of carboxylic acid groups (broad SMARTS) is 1. The van der Waals surface area contributed by atoms with E-state index in [2.05, 4.69) is 0 Å². The van der Waals surface area contributed by atoms with E-state index in [1.807, 2.05) is 0 Å². The number of rotatable bonds is 2. The average molecular weight is 318 g/mol. The predicted molar refractivity (Wildman–Crippen MR) is 81.3 cm³/mol. The number of fused-ring (bicyclic) bond motifs is 1. The first kappa shape index (κ1) is 14.5. The van der Waals surface area contributed by atoms with Crippen molar-refractivity contribution in [3.8, 4) is 5.69 Å². The summed E-state index contributed by atoms with van der Waals surface area (Å²) in [5.41, 5.74) is 0.349. The number of carboxylic acids is 1. The predicted octanol–water partition coefficient (Wildman–Crippen LogP) is 2.71. The van der Waals surface area contributed by atoms with Crippen molar-refractivity contribution in [1.29, 1.82) is 0 Å². The minimum atomic E-state index is -1.34. The fourth-order valence-electron chi connectivity index (χ4n) is 2.71. The maximum atomic E-state index is 12.5. The molecule has 1 heterocycles. The number of benzene rings is 1. The highest BCUT2D eigenvalue weighted by atomic mass is 35.5. The van der Waals surface area contributed by atoms with Crippen molar-refractivity contribution in [2.75, 3.05) is 0 Å². The summed E-state index contributed by atoms with van der Waals surface area (Å²) >= 11 is 5.85. The lowest BCUT2D eigenvalue weighted by molar-refractivity contribution is 0.0694. The van der Waals surface area contributed by atoms with Crippen molar-refractivity contribution in [1.82, 2.24) is 4.57 Å². The van der Waals surface area contributed by atoms with Crippen molar-refractivity contribution in [3.63, 3.8) is 0 Å². The standard InChI is InChI=1S/C16H12ClNO4/c17-9-4-6-10(7-5-9)18-13-2-1-3-14(19)11(13)8-12(15(18)20)16(21)22/h4-8H,1-3H2,(H,21,22). The summed E-state index contributed by atoms with van der Waals surface area (Å²) < 4.78 is 1.31. The van der Waals surface area contributed by atoms with Gasteiger partial charge in [0.25, 0.3) is 5.56 Å². The number of aromatic nitrogens is 1. The number of Topliss-reactive ketones (excluding diaryl/α,β-unsaturated/α-hetero) is 1. The van der Waals surface area contributed by atoms with Crippen LogP contribution in [0.2, 0.25) is 5.02 Å². The van der Waals surface area contributed by atoms with Gasteiger partial charge in [0.2, 0.25) is 0 Å². The van der Waals surface area contributed by atoms with Crippen LogP contribution >= 0.6 is 11.6 Å². The van der Waals surface area contributed by atoms with E-state index < -0.39 is 17.1 Å². The molecule has 112 valence electrons. The highest BCUT2D eigenvalue weighted by Gasteiger charge is 2.25. The van der Waals surface area contributed by atoms with Crippen LogP contribution in [0.15, 0.2) is 35.1 Å². The zero-order valence-corrected chi connectivity index (χ0v) is 12.3. The molecule has 22 heavy (non-hydrogen) atoms. The van der Waals surface area contributed by atoms with Gasteiger partial charge in [0.05, 0.1) is 0 Å². The molecule has 0 saturated heterocycles. The van der Waals surface area contributed by atoms with Crippen LogP contribution in [0.4, 0.5) is 0 Å². The van der Waals surface area contributed by atoms with E-state index in [0.717, 1.165) is 0 Å². The second-order valence-corrected chi connectivity index (χ2v) is 5.55. The van der Waals surface area contributed by atoms with E-state index in [0.29, 0.717) is 41.2 Å². The van der Waals surface area contributed by atoms with Gasteiger partial charge in [-0.25, -0.2) is 4.79 Å². The molecule has 0 amide bonds. The average Bonchev–Trinajstić information content (AvgIpc) is 2.48. The quantitative estimate of drug-likeness (QED) is 0.924. The number of carbonyl (C=O) groups is 2. The molecular weight excluding hydrogens is 306 g/mol. The highest BCUT2D eigenvalue weighted by molar-refractivity contribution is 6.30. The Morgan fingerprint density at radius 1 is 1.14 bits per heavy atom. The van der Waals surface area contributed by atoms with Gasteiger partial charge in [-0.3, -0.25) is 14.2 Å². The Bertz CT molecular complexity index is 836. The van der Waals surface area contributed by atoms with Gasteiger partial charge in [-0.2, -0.15) is 0 Å². The molecule has 5 nitrogen and oxygen atoms in total. The molecule has 1 aliphatic carbocycles. The summed E-state index contributed by atoms with van der Waals surface area (Å²) in [7, 11) is 0. The molecule has 1 aliphatic rings. The van der Waals surface area contributed by atoms with Crippen molar-refractivity contribution in [2.24, 2.45) is 0 Å². The molecule has 0 fully saturated rings. The molecule has 0 spiro atoms. The topological polar surface area (TPSA) is 76.4 Å². The Morgan fingerprint density at radius 2 is 1.82 bits per heavy atom. The fraction of sp³-hybridized carbons (Fsp3) is 0.188. The molecule has 0 bridgehead atoms. The van der Waals surface area contributed by atoms with Crippen LogP contribution in [-0.4, -0.2) is 21.4 Å². The molecule has 0 unspecified atom stereocenters. The first-order chi connectivity index (χ1) is 10.5. The molecule has 0 saturated carbocycles. The third-order valence-corrected chi connectivity index (χ3v) is 3.99. The number of carbonyl (C=O) groups excluding carboxylic acids is 1. The number of ketones is 1. The van der Waals surface area contributed by atoms with Crippen LogP contribution in [-0.2, 0) is 6.42 Å². The van der Waals surface area contributed by atoms with Crippen LogP contribution in [0.3, 0.4) is 0 Å². The first-order valence-electron chi connectivity index (χ1n) is 6.80. The number of halogens is 1. The minimum Gasteiger partial charge on any atom is -0.477 e. The SMILES string of the molecule is O=C1CCCc2c1cc(C(=O)O)c(=O)n2-c1ccc(Cl)cc1. The Kier molecular flexibility index (Phi) is 3.58. The summed E-state index contributed by atoms with van der Waals surface area (Å²) in [6.07, 6.45) is 1.56. The largest absolute Gasteiger partial charge is 0.477 e. The second kappa shape index (κ2) is 5.42. The van der Waals surface area contributed by atoms with Crippen LogP contribution in [0.5, 0.6) is 0 Å². The number of aromatic carboxylic acids is 1. The number of hydrogen-bond donors (Lipinski definition) is 1. The van der Waals surface area contributed by atoms with Gasteiger partial charge in [0.15, 0.2) is 5.78 Å². The van der Waals surface area contributed by atoms with Gasteiger partial charge < -0.3 is 5.11 Å². The van der Waals surface area contributed by atoms with Crippen molar-refractivity contribution >= 4 is 23.4 Å². The van der Waals surface area contributed by atoms with Crippen molar-refractivity contribution in [2.45, 2.75) is 19.3 Å². The van der Waals surface area contributed by atoms with E-state index in [1.54, 1.807) is 24.3 Å². The Labute approximate surface area is 130 Å². The summed E-state index contributed by atoms with van der Waals surface area (Å²) in [6.45, 7) is 0. The molecule has 0 radical (unpaired) electrons. The molecule has 0 atom stereocenters. The van der Waals surface area contributed by atoms with Gasteiger partial charge in [0.1, 0.15) is 5.56 Å². The van der Waals surface area contributed by atoms with Crippen LogP contribution in [0, 0.1) is 0 Å². The van der Waals surface area contributed by atoms with E-state index >= 15 is 0 Å². The molecule has 6 heteroatoms. The van der Waals surface area contributed by atoms with E-state index in [-0.39, 0.29) is 5.78 Å². The van der Waals surface area contributed by atoms with Crippen LogP contribution in [0.25, 0.3) is 5.69 Å². The Balaban J connectivity index is 2.36. The molecule has 1 aromatic heterocycles. The number of nitrogens with zero attached hydrogens (tertiary/aromatic N) is 1. The van der Waals surface area contributed by atoms with Gasteiger partial charge in [-0.1, -0.05) is 11.6 Å². The minimum absolute atomic E-state index is 0.133.